The largest absolute Gasteiger partial charge is 0.405 e. The second kappa shape index (κ2) is 8.53. The van der Waals surface area contributed by atoms with E-state index in [0.717, 1.165) is 16.7 Å². The molecule has 0 saturated carbocycles. The third-order valence-corrected chi connectivity index (χ3v) is 6.44. The zero-order chi connectivity index (χ0) is 24.0. The molecule has 176 valence electrons. The molecule has 0 spiro atoms. The van der Waals surface area contributed by atoms with Crippen molar-refractivity contribution in [3.63, 3.8) is 0 Å². The molecule has 1 aromatic rings. The lowest BCUT2D eigenvalue weighted by molar-refractivity contribution is -0.167. The van der Waals surface area contributed by atoms with Gasteiger partial charge in [0, 0.05) is 31.1 Å². The van der Waals surface area contributed by atoms with Crippen molar-refractivity contribution >= 4 is 17.2 Å². The number of carbonyl (C=O) groups is 1. The van der Waals surface area contributed by atoms with Crippen molar-refractivity contribution in [2.45, 2.75) is 38.5 Å². The standard InChI is InChI=1S/C24H26F4N4O/c1-14-11-32(13-21(30-14)24(26,27)28)12-15-7-8-23(2)18(16-3-5-17(25)6-4-16)10-19(22(29)33)31-20(23)9-15/h3-7,9-10,14,21,30H,8,11-13H2,1-2H3,(H2,29,33). The molecule has 33 heavy (non-hydrogen) atoms. The van der Waals surface area contributed by atoms with Gasteiger partial charge in [-0.2, -0.15) is 13.2 Å². The van der Waals surface area contributed by atoms with Gasteiger partial charge in [0.25, 0.3) is 5.91 Å². The molecule has 3 unspecified atom stereocenters. The minimum absolute atomic E-state index is 0.0900. The first-order valence-corrected chi connectivity index (χ1v) is 10.8. The van der Waals surface area contributed by atoms with E-state index in [1.165, 1.54) is 12.1 Å². The first kappa shape index (κ1) is 23.4. The fourth-order valence-corrected chi connectivity index (χ4v) is 4.72. The van der Waals surface area contributed by atoms with Gasteiger partial charge >= 0.3 is 6.18 Å². The van der Waals surface area contributed by atoms with Crippen molar-refractivity contribution in [1.29, 1.82) is 0 Å². The Morgan fingerprint density at radius 2 is 1.94 bits per heavy atom. The van der Waals surface area contributed by atoms with Crippen LogP contribution in [-0.2, 0) is 4.79 Å². The number of alkyl halides is 3. The second-order valence-corrected chi connectivity index (χ2v) is 9.13. The summed E-state index contributed by atoms with van der Waals surface area (Å²) in [5.74, 6) is -1.05. The smallest absolute Gasteiger partial charge is 0.364 e. The second-order valence-electron chi connectivity index (χ2n) is 9.13. The summed E-state index contributed by atoms with van der Waals surface area (Å²) in [6.45, 7) is 4.41. The molecule has 0 aromatic heterocycles. The maximum Gasteiger partial charge on any atom is 0.405 e. The summed E-state index contributed by atoms with van der Waals surface area (Å²) in [4.78, 5) is 18.2. The molecule has 1 aromatic carbocycles. The van der Waals surface area contributed by atoms with Crippen LogP contribution in [0, 0.1) is 11.2 Å². The van der Waals surface area contributed by atoms with Gasteiger partial charge in [-0.3, -0.25) is 9.69 Å². The first-order valence-electron chi connectivity index (χ1n) is 10.8. The molecular weight excluding hydrogens is 436 g/mol. The number of piperazine rings is 1. The van der Waals surface area contributed by atoms with Gasteiger partial charge in [-0.25, -0.2) is 9.38 Å². The molecule has 1 amide bonds. The fraction of sp³-hybridized carbons (Fsp3) is 0.417. The summed E-state index contributed by atoms with van der Waals surface area (Å²) in [6.07, 6.45) is 1.69. The van der Waals surface area contributed by atoms with E-state index in [2.05, 4.69) is 10.3 Å². The Morgan fingerprint density at radius 1 is 1.24 bits per heavy atom. The highest BCUT2D eigenvalue weighted by Crippen LogP contribution is 2.49. The number of nitrogens with zero attached hydrogens (tertiary/aromatic N) is 2. The number of benzene rings is 1. The Kier molecular flexibility index (Phi) is 6.05. The van der Waals surface area contributed by atoms with Crippen LogP contribution in [0.5, 0.6) is 0 Å². The third-order valence-electron chi connectivity index (χ3n) is 6.44. The van der Waals surface area contributed by atoms with Crippen LogP contribution < -0.4 is 11.1 Å². The summed E-state index contributed by atoms with van der Waals surface area (Å²) in [5.41, 5.74) is 8.02. The molecule has 0 bridgehead atoms. The molecular formula is C24H26F4N4O. The average Bonchev–Trinajstić information content (AvgIpc) is 2.73. The van der Waals surface area contributed by atoms with Gasteiger partial charge in [0.2, 0.25) is 0 Å². The molecule has 5 nitrogen and oxygen atoms in total. The number of halogens is 4. The van der Waals surface area contributed by atoms with Crippen molar-refractivity contribution < 1.29 is 22.4 Å². The van der Waals surface area contributed by atoms with E-state index in [4.69, 9.17) is 5.73 Å². The lowest BCUT2D eigenvalue weighted by Gasteiger charge is -2.40. The number of rotatable bonds is 4. The monoisotopic (exact) mass is 462 g/mol. The van der Waals surface area contributed by atoms with E-state index in [0.29, 0.717) is 25.2 Å². The molecule has 9 heteroatoms. The number of fused-ring (bicyclic) bond motifs is 1. The van der Waals surface area contributed by atoms with Crippen molar-refractivity contribution in [2.24, 2.45) is 16.1 Å². The lowest BCUT2D eigenvalue weighted by atomic mass is 9.69. The van der Waals surface area contributed by atoms with Crippen LogP contribution in [0.4, 0.5) is 17.6 Å². The number of dihydropyridines is 1. The molecule has 4 rings (SSSR count). The van der Waals surface area contributed by atoms with Crippen LogP contribution in [0.25, 0.3) is 5.57 Å². The van der Waals surface area contributed by atoms with E-state index >= 15 is 0 Å². The zero-order valence-corrected chi connectivity index (χ0v) is 18.4. The maximum absolute atomic E-state index is 13.5. The highest BCUT2D eigenvalue weighted by atomic mass is 19.4. The Balaban J connectivity index is 1.62. The summed E-state index contributed by atoms with van der Waals surface area (Å²) in [6, 6.07) is 4.12. The van der Waals surface area contributed by atoms with Gasteiger partial charge in [0.15, 0.2) is 0 Å². The van der Waals surface area contributed by atoms with Crippen LogP contribution >= 0.6 is 0 Å². The first-order chi connectivity index (χ1) is 15.5. The molecule has 0 radical (unpaired) electrons. The Labute approximate surface area is 189 Å². The maximum atomic E-state index is 13.5. The number of carbonyl (C=O) groups excluding carboxylic acids is 1. The predicted molar refractivity (Wildman–Crippen MR) is 119 cm³/mol. The average molecular weight is 462 g/mol. The van der Waals surface area contributed by atoms with E-state index in [1.54, 1.807) is 30.0 Å². The number of hydrogen-bond donors (Lipinski definition) is 2. The van der Waals surface area contributed by atoms with Gasteiger partial charge in [-0.15, -0.1) is 0 Å². The highest BCUT2D eigenvalue weighted by molar-refractivity contribution is 6.44. The summed E-state index contributed by atoms with van der Waals surface area (Å²) in [7, 11) is 0. The summed E-state index contributed by atoms with van der Waals surface area (Å²) in [5, 5.41) is 2.61. The van der Waals surface area contributed by atoms with E-state index in [9.17, 15) is 22.4 Å². The normalized spacial score (nSPS) is 28.3. The van der Waals surface area contributed by atoms with Crippen LogP contribution in [0.3, 0.4) is 0 Å². The summed E-state index contributed by atoms with van der Waals surface area (Å²) < 4.78 is 53.3. The Morgan fingerprint density at radius 3 is 2.58 bits per heavy atom. The minimum Gasteiger partial charge on any atom is -0.364 e. The van der Waals surface area contributed by atoms with Crippen molar-refractivity contribution in [2.75, 3.05) is 19.6 Å². The van der Waals surface area contributed by atoms with Crippen LogP contribution in [0.1, 0.15) is 25.8 Å². The SMILES string of the molecule is CC1CN(CC2=CCC3(C)C(=C2)N=C(C(N)=O)C=C3c2ccc(F)cc2)CC(C(F)(F)F)N1. The number of nitrogens with two attached hydrogens (primary N) is 1. The van der Waals surface area contributed by atoms with Crippen LogP contribution in [0.15, 0.2) is 58.8 Å². The van der Waals surface area contributed by atoms with Crippen LogP contribution in [0.2, 0.25) is 0 Å². The molecule has 3 aliphatic rings. The lowest BCUT2D eigenvalue weighted by Crippen LogP contribution is -2.60. The molecule has 1 fully saturated rings. The van der Waals surface area contributed by atoms with Crippen LogP contribution in [-0.4, -0.2) is 54.4 Å². The summed E-state index contributed by atoms with van der Waals surface area (Å²) >= 11 is 0. The van der Waals surface area contributed by atoms with Gasteiger partial charge < -0.3 is 11.1 Å². The van der Waals surface area contributed by atoms with Crippen molar-refractivity contribution in [1.82, 2.24) is 10.2 Å². The Hall–Kier alpha value is -2.78. The van der Waals surface area contributed by atoms with E-state index < -0.39 is 23.5 Å². The number of aliphatic imine (C=N–C) groups is 1. The number of amides is 1. The van der Waals surface area contributed by atoms with Gasteiger partial charge in [-0.1, -0.05) is 18.2 Å². The van der Waals surface area contributed by atoms with Gasteiger partial charge in [0.1, 0.15) is 17.6 Å². The van der Waals surface area contributed by atoms with Crippen molar-refractivity contribution in [3.05, 3.63) is 65.1 Å². The number of hydrogen-bond acceptors (Lipinski definition) is 4. The topological polar surface area (TPSA) is 70.7 Å². The Bertz CT molecular complexity index is 1070. The highest BCUT2D eigenvalue weighted by Gasteiger charge is 2.44. The molecule has 2 heterocycles. The number of allylic oxidation sites excluding steroid dienone is 2. The van der Waals surface area contributed by atoms with Gasteiger partial charge in [-0.05, 0) is 61.3 Å². The van der Waals surface area contributed by atoms with E-state index in [1.807, 2.05) is 19.1 Å². The van der Waals surface area contributed by atoms with E-state index in [-0.39, 0.29) is 24.1 Å². The fourth-order valence-electron chi connectivity index (χ4n) is 4.72. The van der Waals surface area contributed by atoms with Gasteiger partial charge in [0.05, 0.1) is 5.70 Å². The van der Waals surface area contributed by atoms with Crippen molar-refractivity contribution in [3.8, 4) is 0 Å². The zero-order valence-electron chi connectivity index (χ0n) is 18.4. The molecule has 3 atom stereocenters. The molecule has 1 saturated heterocycles. The molecule has 3 N–H and O–H groups in total. The number of primary amides is 1. The minimum atomic E-state index is -4.32. The third kappa shape index (κ3) is 4.79. The quantitative estimate of drug-likeness (QED) is 0.672. The predicted octanol–water partition coefficient (Wildman–Crippen LogP) is 3.59. The molecule has 2 aliphatic heterocycles. The molecule has 1 aliphatic carbocycles. The number of nitrogens with one attached hydrogen (secondary N) is 1.